The van der Waals surface area contributed by atoms with E-state index >= 15 is 0 Å². The first-order chi connectivity index (χ1) is 19.3. The van der Waals surface area contributed by atoms with Gasteiger partial charge in [0, 0.05) is 25.2 Å². The van der Waals surface area contributed by atoms with Crippen molar-refractivity contribution in [3.8, 4) is 5.75 Å². The smallest absolute Gasteiger partial charge is 0.346 e. The summed E-state index contributed by atoms with van der Waals surface area (Å²) in [6, 6.07) is 2.32. The maximum atomic E-state index is 13.6. The molecule has 41 heavy (non-hydrogen) atoms. The lowest BCUT2D eigenvalue weighted by molar-refractivity contribution is -0.623. The Hall–Kier alpha value is -3.18. The third-order valence-electron chi connectivity index (χ3n) is 9.03. The predicted molar refractivity (Wildman–Crippen MR) is 148 cm³/mol. The molecule has 2 saturated heterocycles. The highest BCUT2D eigenvalue weighted by atomic mass is 32.2. The Bertz CT molecular complexity index is 1440. The summed E-state index contributed by atoms with van der Waals surface area (Å²) in [5.41, 5.74) is 11.6. The van der Waals surface area contributed by atoms with Crippen molar-refractivity contribution >= 4 is 28.0 Å². The lowest BCUT2D eigenvalue weighted by atomic mass is 9.79. The van der Waals surface area contributed by atoms with Gasteiger partial charge in [0.15, 0.2) is 5.96 Å². The standard InChI is InChI=1S/C25H37N9O6S/c1-23(2)8-11-40-18-14(6-5-7-15(18)23)20(35)30-17-13-34-22(27)29-16(12-28-41(38,39)33-9-3-4-10-33)19-24(34,25(17,36)37)32-21(26)31-19/h5-7,16-17,19,28,36-37H,3-4,8-13H2,1-2H3,(H6,26,27,29,30,31,32,35)/p+1/t16-,17?,19-,24-/m0/s1. The summed E-state index contributed by atoms with van der Waals surface area (Å²) in [7, 11) is -3.76. The van der Waals surface area contributed by atoms with Crippen LogP contribution in [0, 0.1) is 0 Å². The van der Waals surface area contributed by atoms with Gasteiger partial charge in [0.05, 0.1) is 18.7 Å². The van der Waals surface area contributed by atoms with Crippen molar-refractivity contribution in [3.05, 3.63) is 29.3 Å². The average Bonchev–Trinajstić information content (AvgIpc) is 3.62. The third-order valence-corrected chi connectivity index (χ3v) is 10.6. The van der Waals surface area contributed by atoms with E-state index in [4.69, 9.17) is 16.2 Å². The van der Waals surface area contributed by atoms with Gasteiger partial charge in [0.25, 0.3) is 16.1 Å². The van der Waals surface area contributed by atoms with Crippen molar-refractivity contribution in [2.45, 2.75) is 68.1 Å². The van der Waals surface area contributed by atoms with Gasteiger partial charge in [-0.25, -0.2) is 9.57 Å². The van der Waals surface area contributed by atoms with Crippen molar-refractivity contribution < 1.29 is 32.7 Å². The molecule has 10 N–H and O–H groups in total. The number of guanidine groups is 2. The zero-order valence-electron chi connectivity index (χ0n) is 23.1. The zero-order chi connectivity index (χ0) is 29.4. The highest BCUT2D eigenvalue weighted by Crippen LogP contribution is 2.43. The minimum absolute atomic E-state index is 0.0513. The van der Waals surface area contributed by atoms with E-state index < -0.39 is 45.7 Å². The molecular formula is C25H38N9O6S+. The van der Waals surface area contributed by atoms with Crippen LogP contribution >= 0.6 is 0 Å². The molecule has 5 aliphatic heterocycles. The molecule has 5 heterocycles. The molecular weight excluding hydrogens is 554 g/mol. The largest absolute Gasteiger partial charge is 0.492 e. The summed E-state index contributed by atoms with van der Waals surface area (Å²) >= 11 is 0. The van der Waals surface area contributed by atoms with Crippen LogP contribution < -0.4 is 36.9 Å². The van der Waals surface area contributed by atoms with Gasteiger partial charge in [-0.2, -0.15) is 17.4 Å². The second kappa shape index (κ2) is 9.42. The van der Waals surface area contributed by atoms with Gasteiger partial charge in [-0.3, -0.25) is 15.8 Å². The predicted octanol–water partition coefficient (Wildman–Crippen LogP) is -3.25. The first-order valence-electron chi connectivity index (χ1n) is 13.8. The van der Waals surface area contributed by atoms with Crippen LogP contribution in [0.5, 0.6) is 5.75 Å². The zero-order valence-corrected chi connectivity index (χ0v) is 23.9. The van der Waals surface area contributed by atoms with Crippen LogP contribution in [0.4, 0.5) is 0 Å². The number of nitrogens with one attached hydrogen (secondary N) is 4. The highest BCUT2D eigenvalue weighted by molar-refractivity contribution is 7.87. The maximum Gasteiger partial charge on any atom is 0.346 e. The van der Waals surface area contributed by atoms with Crippen LogP contribution in [0.25, 0.3) is 0 Å². The van der Waals surface area contributed by atoms with E-state index in [1.54, 1.807) is 12.1 Å². The van der Waals surface area contributed by atoms with Crippen molar-refractivity contribution in [3.63, 3.8) is 0 Å². The molecule has 0 radical (unpaired) electrons. The van der Waals surface area contributed by atoms with Crippen molar-refractivity contribution in [2.75, 3.05) is 32.8 Å². The number of aliphatic imine (C=N–C) groups is 1. The van der Waals surface area contributed by atoms with Gasteiger partial charge >= 0.3 is 5.96 Å². The fourth-order valence-electron chi connectivity index (χ4n) is 6.72. The number of rotatable bonds is 6. The van der Waals surface area contributed by atoms with Gasteiger partial charge in [0.2, 0.25) is 11.4 Å². The van der Waals surface area contributed by atoms with Crippen molar-refractivity contribution in [2.24, 2.45) is 16.5 Å². The Labute approximate surface area is 238 Å². The molecule has 1 aromatic rings. The molecule has 0 saturated carbocycles. The third kappa shape index (κ3) is 4.22. The molecule has 1 unspecified atom stereocenters. The summed E-state index contributed by atoms with van der Waals surface area (Å²) in [6.45, 7) is 5.24. The number of carbonyl (C=O) groups is 1. The van der Waals surface area contributed by atoms with Crippen LogP contribution in [0.3, 0.4) is 0 Å². The van der Waals surface area contributed by atoms with Gasteiger partial charge in [-0.05, 0) is 30.7 Å². The summed E-state index contributed by atoms with van der Waals surface area (Å²) in [6.07, 6.45) is 2.37. The Balaban J connectivity index is 1.28. The van der Waals surface area contributed by atoms with Crippen molar-refractivity contribution in [1.29, 1.82) is 0 Å². The Morgan fingerprint density at radius 1 is 1.27 bits per heavy atom. The van der Waals surface area contributed by atoms with Gasteiger partial charge < -0.3 is 31.3 Å². The fourth-order valence-corrected chi connectivity index (χ4v) is 8.03. The second-order valence-electron chi connectivity index (χ2n) is 12.0. The molecule has 0 bridgehead atoms. The number of carbonyl (C=O) groups excluding carboxylic acids is 1. The van der Waals surface area contributed by atoms with Crippen LogP contribution in [-0.4, -0.2) is 108 Å². The molecule has 0 aliphatic carbocycles. The van der Waals surface area contributed by atoms with E-state index in [9.17, 15) is 23.4 Å². The normalized spacial score (nSPS) is 31.7. The Kier molecular flexibility index (Phi) is 6.42. The van der Waals surface area contributed by atoms with E-state index in [2.05, 4.69) is 39.5 Å². The van der Waals surface area contributed by atoms with Crippen LogP contribution in [0.1, 0.15) is 49.0 Å². The number of benzene rings is 1. The molecule has 1 amide bonds. The molecule has 4 atom stereocenters. The topological polar surface area (TPSA) is 220 Å². The molecule has 6 rings (SSSR count). The Morgan fingerprint density at radius 2 is 2.00 bits per heavy atom. The monoisotopic (exact) mass is 592 g/mol. The van der Waals surface area contributed by atoms with Gasteiger partial charge in [0.1, 0.15) is 23.9 Å². The van der Waals surface area contributed by atoms with E-state index in [1.807, 2.05) is 6.07 Å². The molecule has 2 fully saturated rings. The summed E-state index contributed by atoms with van der Waals surface area (Å²) in [4.78, 5) is 18.0. The van der Waals surface area contributed by atoms with Crippen LogP contribution in [0.15, 0.2) is 23.2 Å². The second-order valence-corrected chi connectivity index (χ2v) is 13.7. The minimum Gasteiger partial charge on any atom is -0.492 e. The number of hydrogen-bond acceptors (Lipinski definition) is 11. The van der Waals surface area contributed by atoms with E-state index in [1.165, 1.54) is 8.88 Å². The average molecular weight is 593 g/mol. The molecule has 224 valence electrons. The number of ether oxygens (including phenoxy) is 1. The van der Waals surface area contributed by atoms with Gasteiger partial charge in [-0.1, -0.05) is 26.0 Å². The number of para-hydroxylation sites is 1. The maximum absolute atomic E-state index is 13.6. The molecule has 1 spiro atoms. The first-order valence-corrected chi connectivity index (χ1v) is 15.3. The highest BCUT2D eigenvalue weighted by Gasteiger charge is 2.75. The molecule has 0 aromatic heterocycles. The molecule has 1 aromatic carbocycles. The summed E-state index contributed by atoms with van der Waals surface area (Å²) in [5, 5.41) is 32.1. The molecule has 15 nitrogen and oxygen atoms in total. The number of nitrogens with zero attached hydrogens (tertiary/aromatic N) is 3. The number of nitrogens with two attached hydrogens (primary N) is 2. The minimum atomic E-state index is -3.76. The van der Waals surface area contributed by atoms with Crippen LogP contribution in [-0.2, 0) is 15.6 Å². The number of fused-ring (bicyclic) bond motifs is 1. The van der Waals surface area contributed by atoms with Gasteiger partial charge in [-0.15, -0.1) is 0 Å². The van der Waals surface area contributed by atoms with E-state index in [-0.39, 0.29) is 36.0 Å². The molecule has 5 aliphatic rings. The SMILES string of the molecule is CC1(C)CCOc2c(C(=O)NC3C[N+]4=C(N)N[C@@H](CNS(=O)(=O)N5CCCC5)[C@@H]5N=C(N)N[C@@]54C3(O)O)cccc21. The first kappa shape index (κ1) is 28.0. The number of amides is 1. The lowest BCUT2D eigenvalue weighted by Gasteiger charge is -2.43. The Morgan fingerprint density at radius 3 is 2.73 bits per heavy atom. The van der Waals surface area contributed by atoms with E-state index in [0.717, 1.165) is 24.8 Å². The summed E-state index contributed by atoms with van der Waals surface area (Å²) < 4.78 is 37.0. The number of aliphatic hydroxyl groups is 2. The number of hydrogen-bond donors (Lipinski definition) is 8. The summed E-state index contributed by atoms with van der Waals surface area (Å²) in [5.74, 6) is -2.73. The molecule has 16 heteroatoms. The fraction of sp³-hybridized carbons (Fsp3) is 0.640. The van der Waals surface area contributed by atoms with Crippen LogP contribution in [0.2, 0.25) is 0 Å². The van der Waals surface area contributed by atoms with Crippen molar-refractivity contribution in [1.82, 2.24) is 25.0 Å². The lowest BCUT2D eigenvalue weighted by Crippen LogP contribution is -2.79. The quantitative estimate of drug-likeness (QED) is 0.122. The van der Waals surface area contributed by atoms with E-state index in [0.29, 0.717) is 25.4 Å².